The van der Waals surface area contributed by atoms with Gasteiger partial charge in [0.25, 0.3) is 0 Å². The normalized spacial score (nSPS) is 10.2. The number of anilines is 1. The Kier molecular flexibility index (Phi) is 1.73. The summed E-state index contributed by atoms with van der Waals surface area (Å²) in [6.07, 6.45) is 3.10. The van der Waals surface area contributed by atoms with Gasteiger partial charge in [-0.05, 0) is 19.1 Å². The van der Waals surface area contributed by atoms with E-state index in [1.165, 1.54) is 6.20 Å². The van der Waals surface area contributed by atoms with Crippen molar-refractivity contribution in [2.45, 2.75) is 6.92 Å². The van der Waals surface area contributed by atoms with Crippen LogP contribution in [-0.4, -0.2) is 9.97 Å². The number of hydrogen-bond acceptors (Lipinski definition) is 4. The number of nitrogens with two attached hydrogens (primary N) is 1. The summed E-state index contributed by atoms with van der Waals surface area (Å²) in [7, 11) is 0. The topological polar surface area (TPSA) is 64.9 Å². The summed E-state index contributed by atoms with van der Waals surface area (Å²) in [5.41, 5.74) is 6.10. The Labute approximate surface area is 75.4 Å². The predicted molar refractivity (Wildman–Crippen MR) is 48.9 cm³/mol. The summed E-state index contributed by atoms with van der Waals surface area (Å²) >= 11 is 0. The van der Waals surface area contributed by atoms with Crippen LogP contribution in [0, 0.1) is 6.92 Å². The van der Waals surface area contributed by atoms with Crippen LogP contribution in [0.5, 0.6) is 0 Å². The highest BCUT2D eigenvalue weighted by atomic mass is 16.3. The molecular formula is C9H9N3O. The number of furan rings is 1. The molecule has 0 saturated carbocycles. The van der Waals surface area contributed by atoms with Crippen molar-refractivity contribution in [3.05, 3.63) is 30.3 Å². The molecule has 0 unspecified atom stereocenters. The number of nitrogen functional groups attached to an aromatic ring is 1. The SMILES string of the molecule is Cc1ccc(-c2cnc(N)cn2)o1. The smallest absolute Gasteiger partial charge is 0.154 e. The van der Waals surface area contributed by atoms with Gasteiger partial charge in [-0.1, -0.05) is 0 Å². The zero-order chi connectivity index (χ0) is 9.26. The molecule has 0 fully saturated rings. The third-order valence-electron chi connectivity index (χ3n) is 1.66. The van der Waals surface area contributed by atoms with Gasteiger partial charge in [-0.15, -0.1) is 0 Å². The van der Waals surface area contributed by atoms with Gasteiger partial charge < -0.3 is 10.2 Å². The average molecular weight is 175 g/mol. The fraction of sp³-hybridized carbons (Fsp3) is 0.111. The molecule has 0 aliphatic heterocycles. The van der Waals surface area contributed by atoms with Gasteiger partial charge in [-0.25, -0.2) is 9.97 Å². The van der Waals surface area contributed by atoms with E-state index < -0.39 is 0 Å². The first-order valence-corrected chi connectivity index (χ1v) is 3.90. The van der Waals surface area contributed by atoms with Gasteiger partial charge in [0.05, 0.1) is 12.4 Å². The molecule has 2 aromatic rings. The molecule has 2 N–H and O–H groups in total. The Morgan fingerprint density at radius 2 is 2.08 bits per heavy atom. The van der Waals surface area contributed by atoms with Gasteiger partial charge >= 0.3 is 0 Å². The largest absolute Gasteiger partial charge is 0.460 e. The van der Waals surface area contributed by atoms with Crippen molar-refractivity contribution in [2.75, 3.05) is 5.73 Å². The zero-order valence-electron chi connectivity index (χ0n) is 7.19. The van der Waals surface area contributed by atoms with Crippen molar-refractivity contribution >= 4 is 5.82 Å². The number of aryl methyl sites for hydroxylation is 1. The van der Waals surface area contributed by atoms with Gasteiger partial charge in [0.2, 0.25) is 0 Å². The number of hydrogen-bond donors (Lipinski definition) is 1. The average Bonchev–Trinajstić information content (AvgIpc) is 2.53. The second-order valence-corrected chi connectivity index (χ2v) is 2.74. The van der Waals surface area contributed by atoms with Crippen molar-refractivity contribution in [1.82, 2.24) is 9.97 Å². The van der Waals surface area contributed by atoms with Gasteiger partial charge in [-0.2, -0.15) is 0 Å². The van der Waals surface area contributed by atoms with E-state index in [4.69, 9.17) is 10.2 Å². The van der Waals surface area contributed by atoms with Crippen molar-refractivity contribution < 1.29 is 4.42 Å². The summed E-state index contributed by atoms with van der Waals surface area (Å²) in [4.78, 5) is 8.00. The summed E-state index contributed by atoms with van der Waals surface area (Å²) < 4.78 is 5.37. The van der Waals surface area contributed by atoms with Crippen LogP contribution < -0.4 is 5.73 Å². The molecule has 0 aromatic carbocycles. The van der Waals surface area contributed by atoms with E-state index in [9.17, 15) is 0 Å². The van der Waals surface area contributed by atoms with Crippen LogP contribution in [0.4, 0.5) is 5.82 Å². The fourth-order valence-corrected chi connectivity index (χ4v) is 1.04. The first-order valence-electron chi connectivity index (χ1n) is 3.90. The molecule has 13 heavy (non-hydrogen) atoms. The molecule has 0 aliphatic rings. The van der Waals surface area contributed by atoms with E-state index in [1.807, 2.05) is 19.1 Å². The first kappa shape index (κ1) is 7.79. The van der Waals surface area contributed by atoms with E-state index in [1.54, 1.807) is 6.20 Å². The standard InChI is InChI=1S/C9H9N3O/c1-6-2-3-8(13-6)7-4-12-9(10)5-11-7/h2-5H,1H3,(H2,10,12). The van der Waals surface area contributed by atoms with Gasteiger partial charge in [0.15, 0.2) is 5.76 Å². The number of aromatic nitrogens is 2. The molecule has 0 aliphatic carbocycles. The van der Waals surface area contributed by atoms with Crippen LogP contribution in [0.15, 0.2) is 28.9 Å². The highest BCUT2D eigenvalue weighted by Gasteiger charge is 2.03. The van der Waals surface area contributed by atoms with Crippen LogP contribution in [0.1, 0.15) is 5.76 Å². The lowest BCUT2D eigenvalue weighted by Crippen LogP contribution is -1.91. The third-order valence-corrected chi connectivity index (χ3v) is 1.66. The molecule has 66 valence electrons. The molecule has 4 nitrogen and oxygen atoms in total. The van der Waals surface area contributed by atoms with E-state index in [-0.39, 0.29) is 0 Å². The Hall–Kier alpha value is -1.84. The molecule has 2 aromatic heterocycles. The second-order valence-electron chi connectivity index (χ2n) is 2.74. The van der Waals surface area contributed by atoms with Gasteiger partial charge in [0, 0.05) is 0 Å². The summed E-state index contributed by atoms with van der Waals surface area (Å²) in [6.45, 7) is 1.88. The Morgan fingerprint density at radius 1 is 1.23 bits per heavy atom. The molecular weight excluding hydrogens is 166 g/mol. The maximum Gasteiger partial charge on any atom is 0.154 e. The maximum atomic E-state index is 5.41. The highest BCUT2D eigenvalue weighted by molar-refractivity contribution is 5.51. The van der Waals surface area contributed by atoms with Crippen LogP contribution in [-0.2, 0) is 0 Å². The molecule has 0 amide bonds. The minimum atomic E-state index is 0.409. The van der Waals surface area contributed by atoms with Crippen LogP contribution in [0.25, 0.3) is 11.5 Å². The fourth-order valence-electron chi connectivity index (χ4n) is 1.04. The minimum Gasteiger partial charge on any atom is -0.460 e. The Balaban J connectivity index is 2.41. The summed E-state index contributed by atoms with van der Waals surface area (Å²) in [5, 5.41) is 0. The number of rotatable bonds is 1. The molecule has 0 radical (unpaired) electrons. The first-order chi connectivity index (χ1) is 6.25. The van der Waals surface area contributed by atoms with Crippen LogP contribution in [0.2, 0.25) is 0 Å². The van der Waals surface area contributed by atoms with E-state index in [2.05, 4.69) is 9.97 Å². The maximum absolute atomic E-state index is 5.41. The molecule has 0 spiro atoms. The van der Waals surface area contributed by atoms with Crippen LogP contribution in [0.3, 0.4) is 0 Å². The summed E-state index contributed by atoms with van der Waals surface area (Å²) in [5.74, 6) is 1.98. The molecule has 4 heteroatoms. The monoisotopic (exact) mass is 175 g/mol. The van der Waals surface area contributed by atoms with Crippen molar-refractivity contribution in [2.24, 2.45) is 0 Å². The minimum absolute atomic E-state index is 0.409. The van der Waals surface area contributed by atoms with E-state index in [0.717, 1.165) is 5.76 Å². The Morgan fingerprint density at radius 3 is 2.62 bits per heavy atom. The van der Waals surface area contributed by atoms with Gasteiger partial charge in [0.1, 0.15) is 17.3 Å². The van der Waals surface area contributed by atoms with Crippen molar-refractivity contribution in [3.63, 3.8) is 0 Å². The molecule has 2 heterocycles. The molecule has 0 saturated heterocycles. The van der Waals surface area contributed by atoms with E-state index >= 15 is 0 Å². The Bertz CT molecular complexity index is 405. The lowest BCUT2D eigenvalue weighted by molar-refractivity contribution is 0.546. The second kappa shape index (κ2) is 2.90. The summed E-state index contributed by atoms with van der Waals surface area (Å²) in [6, 6.07) is 3.74. The highest BCUT2D eigenvalue weighted by Crippen LogP contribution is 2.18. The quantitative estimate of drug-likeness (QED) is 0.715. The number of nitrogens with zero attached hydrogens (tertiary/aromatic N) is 2. The van der Waals surface area contributed by atoms with Gasteiger partial charge in [-0.3, -0.25) is 0 Å². The molecule has 2 rings (SSSR count). The van der Waals surface area contributed by atoms with Crippen LogP contribution >= 0.6 is 0 Å². The third kappa shape index (κ3) is 1.51. The molecule has 0 atom stereocenters. The van der Waals surface area contributed by atoms with Crippen molar-refractivity contribution in [3.8, 4) is 11.5 Å². The zero-order valence-corrected chi connectivity index (χ0v) is 7.19. The lowest BCUT2D eigenvalue weighted by Gasteiger charge is -1.95. The van der Waals surface area contributed by atoms with Crippen molar-refractivity contribution in [1.29, 1.82) is 0 Å². The predicted octanol–water partition coefficient (Wildman–Crippen LogP) is 1.63. The lowest BCUT2D eigenvalue weighted by atomic mass is 10.3. The molecule has 0 bridgehead atoms. The van der Waals surface area contributed by atoms with E-state index in [0.29, 0.717) is 17.3 Å².